The van der Waals surface area contributed by atoms with Crippen molar-refractivity contribution in [2.75, 3.05) is 4.72 Å². The average Bonchev–Trinajstić information content (AvgIpc) is 2.39. The van der Waals surface area contributed by atoms with Crippen LogP contribution >= 0.6 is 0 Å². The molecule has 0 saturated heterocycles. The molecule has 0 aliphatic carbocycles. The lowest BCUT2D eigenvalue weighted by Gasteiger charge is -2.10. The first-order chi connectivity index (χ1) is 9.04. The van der Waals surface area contributed by atoms with Crippen molar-refractivity contribution in [1.82, 2.24) is 4.98 Å². The summed E-state index contributed by atoms with van der Waals surface area (Å²) in [6, 6.07) is 7.55. The topological polar surface area (TPSA) is 99.3 Å². The van der Waals surface area contributed by atoms with Crippen LogP contribution in [0.3, 0.4) is 0 Å². The molecule has 0 aliphatic rings. The van der Waals surface area contributed by atoms with Gasteiger partial charge in [0.1, 0.15) is 0 Å². The van der Waals surface area contributed by atoms with Gasteiger partial charge in [-0.05, 0) is 6.07 Å². The summed E-state index contributed by atoms with van der Waals surface area (Å²) in [5.74, 6) is 0. The molecular weight excluding hydrogens is 268 g/mol. The molecule has 0 fully saturated rings. The number of benzene rings is 1. The molecule has 0 saturated carbocycles. The zero-order valence-corrected chi connectivity index (χ0v) is 10.6. The van der Waals surface area contributed by atoms with Gasteiger partial charge in [0, 0.05) is 24.0 Å². The van der Waals surface area contributed by atoms with Crippen molar-refractivity contribution in [1.29, 1.82) is 0 Å². The molecule has 0 amide bonds. The quantitative estimate of drug-likeness (QED) is 0.766. The molecule has 2 rings (SSSR count). The van der Waals surface area contributed by atoms with Gasteiger partial charge in [-0.3, -0.25) is 9.52 Å². The van der Waals surface area contributed by atoms with Crippen LogP contribution in [0.25, 0.3) is 0 Å². The van der Waals surface area contributed by atoms with Crippen LogP contribution in [0.1, 0.15) is 5.56 Å². The third kappa shape index (κ3) is 2.83. The highest BCUT2D eigenvalue weighted by molar-refractivity contribution is 7.92. The Bertz CT molecular complexity index is 737. The van der Waals surface area contributed by atoms with Crippen molar-refractivity contribution in [2.24, 2.45) is 0 Å². The third-order valence-corrected chi connectivity index (χ3v) is 3.90. The fourth-order valence-corrected chi connectivity index (χ4v) is 2.72. The summed E-state index contributed by atoms with van der Waals surface area (Å²) in [7, 11) is -3.98. The first-order valence-corrected chi connectivity index (χ1v) is 6.91. The van der Waals surface area contributed by atoms with E-state index in [4.69, 9.17) is 5.11 Å². The van der Waals surface area contributed by atoms with E-state index in [1.807, 2.05) is 0 Å². The summed E-state index contributed by atoms with van der Waals surface area (Å²) in [6.07, 6.45) is 2.47. The number of pyridine rings is 1. The Balaban J connectivity index is 2.43. The number of rotatable bonds is 4. The molecule has 1 aromatic heterocycles. The second-order valence-corrected chi connectivity index (χ2v) is 5.44. The molecule has 100 valence electrons. The van der Waals surface area contributed by atoms with Crippen molar-refractivity contribution in [3.8, 4) is 0 Å². The highest BCUT2D eigenvalue weighted by Crippen LogP contribution is 2.18. The maximum Gasteiger partial charge on any atom is 0.267 e. The van der Waals surface area contributed by atoms with Crippen LogP contribution in [0, 0.1) is 0 Å². The molecule has 7 heteroatoms. The number of aromatic amines is 1. The Morgan fingerprint density at radius 2 is 1.95 bits per heavy atom. The number of aliphatic hydroxyl groups is 1. The van der Waals surface area contributed by atoms with Gasteiger partial charge >= 0.3 is 0 Å². The summed E-state index contributed by atoms with van der Waals surface area (Å²) in [4.78, 5) is 13.7. The van der Waals surface area contributed by atoms with Gasteiger partial charge in [-0.25, -0.2) is 8.42 Å². The zero-order chi connectivity index (χ0) is 13.9. The summed E-state index contributed by atoms with van der Waals surface area (Å²) < 4.78 is 26.4. The van der Waals surface area contributed by atoms with Crippen LogP contribution in [0.2, 0.25) is 0 Å². The highest BCUT2D eigenvalue weighted by atomic mass is 32.2. The number of aliphatic hydroxyl groups excluding tert-OH is 1. The maximum absolute atomic E-state index is 12.1. The van der Waals surface area contributed by atoms with Crippen LogP contribution < -0.4 is 10.2 Å². The molecule has 0 bridgehead atoms. The average molecular weight is 280 g/mol. The Hall–Kier alpha value is -2.12. The van der Waals surface area contributed by atoms with Gasteiger partial charge in [0.05, 0.1) is 12.3 Å². The van der Waals surface area contributed by atoms with E-state index in [-0.39, 0.29) is 17.2 Å². The van der Waals surface area contributed by atoms with E-state index in [1.54, 1.807) is 18.2 Å². The minimum Gasteiger partial charge on any atom is -0.392 e. The van der Waals surface area contributed by atoms with Gasteiger partial charge in [-0.1, -0.05) is 18.2 Å². The first kappa shape index (κ1) is 13.3. The van der Waals surface area contributed by atoms with Crippen molar-refractivity contribution in [3.63, 3.8) is 0 Å². The van der Waals surface area contributed by atoms with Gasteiger partial charge in [0.25, 0.3) is 10.0 Å². The van der Waals surface area contributed by atoms with E-state index < -0.39 is 15.5 Å². The number of nitrogens with one attached hydrogen (secondary N) is 2. The molecule has 19 heavy (non-hydrogen) atoms. The van der Waals surface area contributed by atoms with Crippen molar-refractivity contribution >= 4 is 15.7 Å². The van der Waals surface area contributed by atoms with Crippen molar-refractivity contribution in [3.05, 3.63) is 58.5 Å². The SMILES string of the molecule is O=c1cc[nH]cc1S(=O)(=O)Nc1ccccc1CO. The summed E-state index contributed by atoms with van der Waals surface area (Å²) in [6.45, 7) is -0.302. The Morgan fingerprint density at radius 1 is 1.21 bits per heavy atom. The minimum atomic E-state index is -3.98. The van der Waals surface area contributed by atoms with Crippen LogP contribution in [0.4, 0.5) is 5.69 Å². The number of sulfonamides is 1. The molecule has 1 aromatic carbocycles. The highest BCUT2D eigenvalue weighted by Gasteiger charge is 2.18. The molecule has 0 spiro atoms. The summed E-state index contributed by atoms with van der Waals surface area (Å²) in [5, 5.41) is 9.14. The van der Waals surface area contributed by atoms with E-state index in [0.29, 0.717) is 5.56 Å². The predicted molar refractivity (Wildman–Crippen MR) is 70.2 cm³/mol. The predicted octanol–water partition coefficient (Wildman–Crippen LogP) is 0.668. The van der Waals surface area contributed by atoms with E-state index in [1.165, 1.54) is 12.3 Å². The molecule has 3 N–H and O–H groups in total. The number of H-pyrrole nitrogens is 1. The number of aromatic nitrogens is 1. The van der Waals surface area contributed by atoms with E-state index in [2.05, 4.69) is 9.71 Å². The Kier molecular flexibility index (Phi) is 3.68. The smallest absolute Gasteiger partial charge is 0.267 e. The molecule has 1 heterocycles. The minimum absolute atomic E-state index is 0.244. The standard InChI is InChI=1S/C12H12N2O4S/c15-8-9-3-1-2-4-10(9)14-19(17,18)12-7-13-6-5-11(12)16/h1-7,14-15H,8H2,(H,13,16). The van der Waals surface area contributed by atoms with Crippen LogP contribution in [0.5, 0.6) is 0 Å². The van der Waals surface area contributed by atoms with Crippen LogP contribution in [-0.2, 0) is 16.6 Å². The number of anilines is 1. The van der Waals surface area contributed by atoms with Gasteiger partial charge in [-0.2, -0.15) is 0 Å². The number of para-hydroxylation sites is 1. The molecule has 2 aromatic rings. The Morgan fingerprint density at radius 3 is 2.63 bits per heavy atom. The van der Waals surface area contributed by atoms with E-state index in [9.17, 15) is 13.2 Å². The van der Waals surface area contributed by atoms with Gasteiger partial charge in [0.15, 0.2) is 4.90 Å². The lowest BCUT2D eigenvalue weighted by atomic mass is 10.2. The van der Waals surface area contributed by atoms with E-state index in [0.717, 1.165) is 12.3 Å². The molecule has 0 aliphatic heterocycles. The monoisotopic (exact) mass is 280 g/mol. The molecular formula is C12H12N2O4S. The largest absolute Gasteiger partial charge is 0.392 e. The van der Waals surface area contributed by atoms with Gasteiger partial charge < -0.3 is 10.1 Å². The lowest BCUT2D eigenvalue weighted by Crippen LogP contribution is -2.21. The molecule has 0 unspecified atom stereocenters. The maximum atomic E-state index is 12.1. The third-order valence-electron chi connectivity index (χ3n) is 2.51. The van der Waals surface area contributed by atoms with Gasteiger partial charge in [0.2, 0.25) is 5.43 Å². The second kappa shape index (κ2) is 5.25. The van der Waals surface area contributed by atoms with E-state index >= 15 is 0 Å². The second-order valence-electron chi connectivity index (χ2n) is 3.79. The number of hydrogen-bond acceptors (Lipinski definition) is 4. The molecule has 6 nitrogen and oxygen atoms in total. The normalized spacial score (nSPS) is 11.2. The van der Waals surface area contributed by atoms with Crippen molar-refractivity contribution in [2.45, 2.75) is 11.5 Å². The van der Waals surface area contributed by atoms with Crippen molar-refractivity contribution < 1.29 is 13.5 Å². The lowest BCUT2D eigenvalue weighted by molar-refractivity contribution is 0.282. The first-order valence-electron chi connectivity index (χ1n) is 5.43. The fraction of sp³-hybridized carbons (Fsp3) is 0.0833. The Labute approximate surface area is 109 Å². The van der Waals surface area contributed by atoms with Crippen LogP contribution in [-0.4, -0.2) is 18.5 Å². The summed E-state index contributed by atoms with van der Waals surface area (Å²) in [5.41, 5.74) is 0.0689. The number of hydrogen-bond donors (Lipinski definition) is 3. The summed E-state index contributed by atoms with van der Waals surface area (Å²) >= 11 is 0. The van der Waals surface area contributed by atoms with Gasteiger partial charge in [-0.15, -0.1) is 0 Å². The fourth-order valence-electron chi connectivity index (χ4n) is 1.57. The zero-order valence-electron chi connectivity index (χ0n) is 9.83. The molecule has 0 atom stereocenters. The molecule has 0 radical (unpaired) electrons. The van der Waals surface area contributed by atoms with Crippen LogP contribution in [0.15, 0.2) is 52.4 Å².